The van der Waals surface area contributed by atoms with Gasteiger partial charge in [0.15, 0.2) is 0 Å². The van der Waals surface area contributed by atoms with Crippen molar-refractivity contribution in [3.05, 3.63) is 71.8 Å². The largest absolute Gasteiger partial charge is 0.496 e. The van der Waals surface area contributed by atoms with Crippen LogP contribution < -0.4 is 10.5 Å². The van der Waals surface area contributed by atoms with Crippen LogP contribution in [0.1, 0.15) is 24.0 Å². The van der Waals surface area contributed by atoms with Gasteiger partial charge in [-0.05, 0) is 30.9 Å². The lowest BCUT2D eigenvalue weighted by Crippen LogP contribution is -2.57. The number of likely N-dealkylation sites (tertiary alicyclic amines) is 1. The van der Waals surface area contributed by atoms with Gasteiger partial charge in [-0.2, -0.15) is 0 Å². The minimum Gasteiger partial charge on any atom is -0.496 e. The number of nitrogens with two attached hydrogens (primary N) is 1. The molecule has 0 bridgehead atoms. The summed E-state index contributed by atoms with van der Waals surface area (Å²) in [4.78, 5) is 43.2. The van der Waals surface area contributed by atoms with Gasteiger partial charge in [-0.3, -0.25) is 19.4 Å². The molecule has 0 atom stereocenters. The molecule has 2 heterocycles. The van der Waals surface area contributed by atoms with Crippen molar-refractivity contribution in [1.82, 2.24) is 14.7 Å². The Morgan fingerprint density at radius 2 is 1.74 bits per heavy atom. The number of benzene rings is 2. The van der Waals surface area contributed by atoms with Crippen molar-refractivity contribution in [2.45, 2.75) is 24.8 Å². The molecule has 2 aromatic carbocycles. The van der Waals surface area contributed by atoms with Crippen molar-refractivity contribution in [3.8, 4) is 5.75 Å². The van der Waals surface area contributed by atoms with Gasteiger partial charge >= 0.3 is 6.03 Å². The summed E-state index contributed by atoms with van der Waals surface area (Å²) in [7, 11) is 1.65. The van der Waals surface area contributed by atoms with Crippen LogP contribution in [-0.4, -0.2) is 77.9 Å². The van der Waals surface area contributed by atoms with Gasteiger partial charge in [0.2, 0.25) is 5.91 Å². The number of carbonyl (C=O) groups excluding carboxylic acids is 3. The molecular weight excluding hydrogens is 444 g/mol. The number of hydrogen-bond acceptors (Lipinski definition) is 5. The van der Waals surface area contributed by atoms with Crippen molar-refractivity contribution in [3.63, 3.8) is 0 Å². The van der Waals surface area contributed by atoms with Crippen LogP contribution in [0.25, 0.3) is 6.08 Å². The maximum absolute atomic E-state index is 13.4. The fourth-order valence-electron chi connectivity index (χ4n) is 5.00. The van der Waals surface area contributed by atoms with E-state index in [0.29, 0.717) is 38.9 Å². The van der Waals surface area contributed by atoms with Crippen LogP contribution in [0.3, 0.4) is 0 Å². The van der Waals surface area contributed by atoms with E-state index in [4.69, 9.17) is 10.5 Å². The quantitative estimate of drug-likeness (QED) is 0.561. The average molecular weight is 477 g/mol. The van der Waals surface area contributed by atoms with Crippen molar-refractivity contribution in [1.29, 1.82) is 0 Å². The number of urea groups is 1. The van der Waals surface area contributed by atoms with E-state index in [1.54, 1.807) is 12.0 Å². The average Bonchev–Trinajstić information content (AvgIpc) is 3.05. The standard InChI is InChI=1S/C27H32N4O4/c1-35-23-12-6-5-10-22(23)11-7-16-29-18-14-27(15-19-29)25(33)30(20-24(28)32)26(34)31(27)17-13-21-8-3-2-4-9-21/h2-12H,13-20H2,1H3,(H2,28,32)/b11-7+. The van der Waals surface area contributed by atoms with Crippen LogP contribution >= 0.6 is 0 Å². The van der Waals surface area contributed by atoms with E-state index < -0.39 is 17.5 Å². The smallest absolute Gasteiger partial charge is 0.328 e. The number of nitrogens with zero attached hydrogens (tertiary/aromatic N) is 3. The number of methoxy groups -OCH3 is 1. The molecule has 2 saturated heterocycles. The van der Waals surface area contributed by atoms with Crippen LogP contribution in [0.15, 0.2) is 60.7 Å². The zero-order valence-electron chi connectivity index (χ0n) is 20.1. The Balaban J connectivity index is 1.45. The lowest BCUT2D eigenvalue weighted by molar-refractivity contribution is -0.137. The number of rotatable bonds is 9. The Morgan fingerprint density at radius 1 is 1.06 bits per heavy atom. The summed E-state index contributed by atoms with van der Waals surface area (Å²) in [6, 6.07) is 17.3. The van der Waals surface area contributed by atoms with Gasteiger partial charge in [0.05, 0.1) is 7.11 Å². The van der Waals surface area contributed by atoms with Crippen LogP contribution in [0.4, 0.5) is 4.79 Å². The fraction of sp³-hybridized carbons (Fsp3) is 0.370. The Labute approximate surface area is 205 Å². The van der Waals surface area contributed by atoms with Crippen molar-refractivity contribution in [2.24, 2.45) is 5.73 Å². The van der Waals surface area contributed by atoms with Crippen molar-refractivity contribution >= 4 is 23.9 Å². The number of para-hydroxylation sites is 1. The van der Waals surface area contributed by atoms with E-state index in [-0.39, 0.29) is 12.5 Å². The molecule has 8 nitrogen and oxygen atoms in total. The summed E-state index contributed by atoms with van der Waals surface area (Å²) < 4.78 is 5.40. The zero-order valence-corrected chi connectivity index (χ0v) is 20.1. The van der Waals surface area contributed by atoms with Crippen molar-refractivity contribution < 1.29 is 19.1 Å². The Hall–Kier alpha value is -3.65. The maximum Gasteiger partial charge on any atom is 0.328 e. The minimum absolute atomic E-state index is 0.307. The van der Waals surface area contributed by atoms with Gasteiger partial charge in [-0.15, -0.1) is 0 Å². The SMILES string of the molecule is COc1ccccc1/C=C/CN1CCC2(CC1)C(=O)N(CC(N)=O)C(=O)N2CCc1ccccc1. The summed E-state index contributed by atoms with van der Waals surface area (Å²) in [5.41, 5.74) is 6.52. The molecule has 0 radical (unpaired) electrons. The monoisotopic (exact) mass is 476 g/mol. The van der Waals surface area contributed by atoms with E-state index in [1.165, 1.54) is 0 Å². The maximum atomic E-state index is 13.4. The van der Waals surface area contributed by atoms with E-state index in [1.807, 2.05) is 60.7 Å². The number of piperidine rings is 1. The second-order valence-corrected chi connectivity index (χ2v) is 9.00. The molecule has 2 N–H and O–H groups in total. The zero-order chi connectivity index (χ0) is 24.8. The predicted octanol–water partition coefficient (Wildman–Crippen LogP) is 2.54. The first-order valence-corrected chi connectivity index (χ1v) is 11.9. The van der Waals surface area contributed by atoms with Crippen molar-refractivity contribution in [2.75, 3.05) is 39.8 Å². The first-order valence-electron chi connectivity index (χ1n) is 11.9. The molecule has 2 aliphatic heterocycles. The van der Waals surface area contributed by atoms with E-state index in [0.717, 1.165) is 28.3 Å². The Morgan fingerprint density at radius 3 is 2.43 bits per heavy atom. The number of hydrogen-bond donors (Lipinski definition) is 1. The molecule has 35 heavy (non-hydrogen) atoms. The molecule has 0 aliphatic carbocycles. The van der Waals surface area contributed by atoms with Gasteiger partial charge in [0, 0.05) is 31.7 Å². The highest BCUT2D eigenvalue weighted by Gasteiger charge is 2.57. The molecular formula is C27H32N4O4. The first kappa shape index (κ1) is 24.5. The number of ether oxygens (including phenoxy) is 1. The van der Waals surface area contributed by atoms with E-state index in [9.17, 15) is 14.4 Å². The third-order valence-corrected chi connectivity index (χ3v) is 6.89. The molecule has 0 saturated carbocycles. The third-order valence-electron chi connectivity index (χ3n) is 6.89. The molecule has 2 fully saturated rings. The summed E-state index contributed by atoms with van der Waals surface area (Å²) in [5.74, 6) is -0.177. The van der Waals surface area contributed by atoms with E-state index in [2.05, 4.69) is 11.0 Å². The van der Waals surface area contributed by atoms with Gasteiger partial charge in [0.25, 0.3) is 5.91 Å². The highest BCUT2D eigenvalue weighted by Crippen LogP contribution is 2.37. The summed E-state index contributed by atoms with van der Waals surface area (Å²) >= 11 is 0. The van der Waals surface area contributed by atoms with Crippen LogP contribution in [0.2, 0.25) is 0 Å². The van der Waals surface area contributed by atoms with E-state index >= 15 is 0 Å². The molecule has 4 rings (SSSR count). The van der Waals surface area contributed by atoms with Gasteiger partial charge in [-0.25, -0.2) is 4.79 Å². The van der Waals surface area contributed by atoms with Gasteiger partial charge in [0.1, 0.15) is 17.8 Å². The van der Waals surface area contributed by atoms with Crippen LogP contribution in [-0.2, 0) is 16.0 Å². The lowest BCUT2D eigenvalue weighted by atomic mass is 9.85. The van der Waals surface area contributed by atoms with Crippen LogP contribution in [0, 0.1) is 0 Å². The Kier molecular flexibility index (Phi) is 7.51. The fourth-order valence-corrected chi connectivity index (χ4v) is 5.00. The number of imide groups is 1. The summed E-state index contributed by atoms with van der Waals surface area (Å²) in [6.45, 7) is 2.10. The molecule has 8 heteroatoms. The van der Waals surface area contributed by atoms with Gasteiger partial charge in [-0.1, -0.05) is 60.7 Å². The molecule has 4 amide bonds. The predicted molar refractivity (Wildman–Crippen MR) is 134 cm³/mol. The lowest BCUT2D eigenvalue weighted by Gasteiger charge is -2.42. The third kappa shape index (κ3) is 5.22. The number of primary amides is 1. The molecule has 2 aliphatic rings. The van der Waals surface area contributed by atoms with Gasteiger partial charge < -0.3 is 15.4 Å². The number of amides is 4. The minimum atomic E-state index is -0.926. The highest BCUT2D eigenvalue weighted by atomic mass is 16.5. The topological polar surface area (TPSA) is 96.2 Å². The second kappa shape index (κ2) is 10.7. The second-order valence-electron chi connectivity index (χ2n) is 9.00. The number of carbonyl (C=O) groups is 3. The molecule has 184 valence electrons. The molecule has 2 aromatic rings. The Bertz CT molecular complexity index is 1090. The molecule has 0 unspecified atom stereocenters. The normalized spacial score (nSPS) is 18.1. The van der Waals surface area contributed by atoms with Crippen LogP contribution in [0.5, 0.6) is 5.75 Å². The molecule has 0 aromatic heterocycles. The molecule has 1 spiro atoms. The summed E-state index contributed by atoms with van der Waals surface area (Å²) in [6.07, 6.45) is 5.80. The highest BCUT2D eigenvalue weighted by molar-refractivity contribution is 6.09. The summed E-state index contributed by atoms with van der Waals surface area (Å²) in [5, 5.41) is 0. The first-order chi connectivity index (χ1) is 16.9.